The molecule has 1 aliphatic rings. The van der Waals surface area contributed by atoms with E-state index in [1.54, 1.807) is 12.1 Å². The van der Waals surface area contributed by atoms with E-state index in [1.165, 1.54) is 0 Å². The smallest absolute Gasteiger partial charge is 0.217 e. The molecule has 1 aliphatic heterocycles. The zero-order valence-corrected chi connectivity index (χ0v) is 11.4. The van der Waals surface area contributed by atoms with Crippen LogP contribution in [0.3, 0.4) is 0 Å². The van der Waals surface area contributed by atoms with Crippen LogP contribution in [0.1, 0.15) is 24.8 Å². The van der Waals surface area contributed by atoms with E-state index in [0.717, 1.165) is 31.6 Å². The monoisotopic (exact) mass is 277 g/mol. The molecule has 1 saturated heterocycles. The van der Waals surface area contributed by atoms with Crippen LogP contribution >= 0.6 is 11.6 Å². The van der Waals surface area contributed by atoms with Gasteiger partial charge in [0.1, 0.15) is 6.07 Å². The second-order valence-electron chi connectivity index (χ2n) is 4.90. The van der Waals surface area contributed by atoms with E-state index < -0.39 is 0 Å². The minimum Gasteiger partial charge on any atom is -0.370 e. The number of benzene rings is 1. The van der Waals surface area contributed by atoms with E-state index in [1.807, 2.05) is 6.07 Å². The number of hydrogen-bond acceptors (Lipinski definition) is 3. The van der Waals surface area contributed by atoms with Crippen molar-refractivity contribution in [2.45, 2.75) is 19.3 Å². The van der Waals surface area contributed by atoms with E-state index in [0.29, 0.717) is 17.0 Å². The second kappa shape index (κ2) is 5.94. The van der Waals surface area contributed by atoms with E-state index in [4.69, 9.17) is 22.6 Å². The van der Waals surface area contributed by atoms with Gasteiger partial charge in [0.15, 0.2) is 0 Å². The Labute approximate surface area is 117 Å². The maximum absolute atomic E-state index is 11.0. The average molecular weight is 278 g/mol. The van der Waals surface area contributed by atoms with Crippen molar-refractivity contribution in [2.24, 2.45) is 11.7 Å². The third kappa shape index (κ3) is 3.39. The number of hydrogen-bond donors (Lipinski definition) is 1. The molecule has 1 aromatic rings. The Kier molecular flexibility index (Phi) is 4.28. The van der Waals surface area contributed by atoms with Crippen LogP contribution < -0.4 is 10.6 Å². The van der Waals surface area contributed by atoms with Gasteiger partial charge in [-0.25, -0.2) is 0 Å². The van der Waals surface area contributed by atoms with Gasteiger partial charge in [-0.15, -0.1) is 0 Å². The number of carbonyl (C=O) groups is 1. The Hall–Kier alpha value is -1.73. The molecular weight excluding hydrogens is 262 g/mol. The maximum Gasteiger partial charge on any atom is 0.217 e. The number of carbonyl (C=O) groups excluding carboxylic acids is 1. The van der Waals surface area contributed by atoms with Crippen molar-refractivity contribution < 1.29 is 4.79 Å². The number of nitrogens with zero attached hydrogens (tertiary/aromatic N) is 2. The van der Waals surface area contributed by atoms with Crippen molar-refractivity contribution in [3.63, 3.8) is 0 Å². The molecule has 100 valence electrons. The summed E-state index contributed by atoms with van der Waals surface area (Å²) in [4.78, 5) is 13.1. The lowest BCUT2D eigenvalue weighted by Gasteiger charge is -2.34. The fourth-order valence-electron chi connectivity index (χ4n) is 2.60. The van der Waals surface area contributed by atoms with Gasteiger partial charge < -0.3 is 10.6 Å². The fraction of sp³-hybridized carbons (Fsp3) is 0.429. The first-order valence-corrected chi connectivity index (χ1v) is 6.71. The normalized spacial score (nSPS) is 18.9. The predicted octanol–water partition coefficient (Wildman–Crippen LogP) is 2.30. The van der Waals surface area contributed by atoms with Crippen LogP contribution in [0.5, 0.6) is 0 Å². The Morgan fingerprint density at radius 1 is 1.58 bits per heavy atom. The summed E-state index contributed by atoms with van der Waals surface area (Å²) in [5.41, 5.74) is 6.72. The standard InChI is InChI=1S/C14H16ClN3O/c15-12-4-3-11(8-16)13(7-12)18-5-1-2-10(9-18)6-14(17)19/h3-4,7,10H,1-2,5-6,9H2,(H2,17,19). The molecule has 1 heterocycles. The summed E-state index contributed by atoms with van der Waals surface area (Å²) >= 11 is 6.00. The SMILES string of the molecule is N#Cc1ccc(Cl)cc1N1CCCC(CC(N)=O)C1. The van der Waals surface area contributed by atoms with Gasteiger partial charge in [-0.2, -0.15) is 5.26 Å². The van der Waals surface area contributed by atoms with Gasteiger partial charge in [-0.05, 0) is 37.0 Å². The summed E-state index contributed by atoms with van der Waals surface area (Å²) in [5, 5.41) is 9.77. The van der Waals surface area contributed by atoms with Crippen molar-refractivity contribution >= 4 is 23.2 Å². The second-order valence-corrected chi connectivity index (χ2v) is 5.33. The number of nitrogens with two attached hydrogens (primary N) is 1. The van der Waals surface area contributed by atoms with Gasteiger partial charge in [0, 0.05) is 24.5 Å². The molecule has 0 bridgehead atoms. The summed E-state index contributed by atoms with van der Waals surface area (Å²) in [6, 6.07) is 7.44. The number of anilines is 1. The highest BCUT2D eigenvalue weighted by atomic mass is 35.5. The number of amides is 1. The van der Waals surface area contributed by atoms with Gasteiger partial charge in [-0.1, -0.05) is 11.6 Å². The summed E-state index contributed by atoms with van der Waals surface area (Å²) in [7, 11) is 0. The molecule has 0 aromatic heterocycles. The highest BCUT2D eigenvalue weighted by Gasteiger charge is 2.23. The Morgan fingerprint density at radius 3 is 3.05 bits per heavy atom. The maximum atomic E-state index is 11.0. The topological polar surface area (TPSA) is 70.1 Å². The van der Waals surface area contributed by atoms with Gasteiger partial charge in [0.2, 0.25) is 5.91 Å². The van der Waals surface area contributed by atoms with Gasteiger partial charge in [0.05, 0.1) is 11.3 Å². The molecule has 0 spiro atoms. The Morgan fingerprint density at radius 2 is 2.37 bits per heavy atom. The molecule has 1 amide bonds. The molecule has 2 N–H and O–H groups in total. The van der Waals surface area contributed by atoms with Crippen molar-refractivity contribution in [1.82, 2.24) is 0 Å². The average Bonchev–Trinajstić information content (AvgIpc) is 2.38. The van der Waals surface area contributed by atoms with E-state index in [9.17, 15) is 4.79 Å². The quantitative estimate of drug-likeness (QED) is 0.922. The molecule has 0 saturated carbocycles. The lowest BCUT2D eigenvalue weighted by atomic mass is 9.94. The number of nitriles is 1. The lowest BCUT2D eigenvalue weighted by Crippen LogP contribution is -2.37. The molecule has 1 aromatic carbocycles. The number of halogens is 1. The number of rotatable bonds is 3. The van der Waals surface area contributed by atoms with Crippen LogP contribution in [-0.2, 0) is 4.79 Å². The molecule has 0 radical (unpaired) electrons. The van der Waals surface area contributed by atoms with Crippen LogP contribution in [0.2, 0.25) is 5.02 Å². The van der Waals surface area contributed by atoms with Crippen molar-refractivity contribution in [2.75, 3.05) is 18.0 Å². The Balaban J connectivity index is 2.19. The summed E-state index contributed by atoms with van der Waals surface area (Å²) < 4.78 is 0. The first kappa shape index (κ1) is 13.7. The molecule has 2 rings (SSSR count). The molecule has 1 atom stereocenters. The van der Waals surface area contributed by atoms with Gasteiger partial charge in [-0.3, -0.25) is 4.79 Å². The minimum absolute atomic E-state index is 0.261. The van der Waals surface area contributed by atoms with E-state index in [2.05, 4.69) is 11.0 Å². The van der Waals surface area contributed by atoms with Gasteiger partial charge in [0.25, 0.3) is 0 Å². The van der Waals surface area contributed by atoms with Crippen molar-refractivity contribution in [1.29, 1.82) is 5.26 Å². The molecule has 19 heavy (non-hydrogen) atoms. The summed E-state index contributed by atoms with van der Waals surface area (Å²) in [5.74, 6) is -0.00442. The third-order valence-electron chi connectivity index (χ3n) is 3.43. The van der Waals surface area contributed by atoms with Crippen LogP contribution in [0, 0.1) is 17.2 Å². The zero-order valence-electron chi connectivity index (χ0n) is 10.6. The fourth-order valence-corrected chi connectivity index (χ4v) is 2.76. The van der Waals surface area contributed by atoms with Crippen LogP contribution in [0.15, 0.2) is 18.2 Å². The molecule has 1 fully saturated rings. The van der Waals surface area contributed by atoms with Crippen LogP contribution in [0.25, 0.3) is 0 Å². The summed E-state index contributed by atoms with van der Waals surface area (Å²) in [6.45, 7) is 1.63. The summed E-state index contributed by atoms with van der Waals surface area (Å²) in [6.07, 6.45) is 2.40. The predicted molar refractivity (Wildman–Crippen MR) is 74.9 cm³/mol. The largest absolute Gasteiger partial charge is 0.370 e. The highest BCUT2D eigenvalue weighted by molar-refractivity contribution is 6.30. The highest BCUT2D eigenvalue weighted by Crippen LogP contribution is 2.29. The van der Waals surface area contributed by atoms with E-state index in [-0.39, 0.29) is 11.8 Å². The first-order chi connectivity index (χ1) is 9.10. The zero-order chi connectivity index (χ0) is 13.8. The van der Waals surface area contributed by atoms with E-state index >= 15 is 0 Å². The van der Waals surface area contributed by atoms with Crippen molar-refractivity contribution in [3.05, 3.63) is 28.8 Å². The molecular formula is C14H16ClN3O. The molecule has 5 heteroatoms. The number of piperidine rings is 1. The van der Waals surface area contributed by atoms with Crippen LogP contribution in [-0.4, -0.2) is 19.0 Å². The minimum atomic E-state index is -0.265. The van der Waals surface area contributed by atoms with Crippen LogP contribution in [0.4, 0.5) is 5.69 Å². The molecule has 0 aliphatic carbocycles. The van der Waals surface area contributed by atoms with Gasteiger partial charge >= 0.3 is 0 Å². The number of primary amides is 1. The Bertz CT molecular complexity index is 524. The van der Waals surface area contributed by atoms with Crippen molar-refractivity contribution in [3.8, 4) is 6.07 Å². The molecule has 1 unspecified atom stereocenters. The third-order valence-corrected chi connectivity index (χ3v) is 3.66. The molecule has 4 nitrogen and oxygen atoms in total. The lowest BCUT2D eigenvalue weighted by molar-refractivity contribution is -0.118. The first-order valence-electron chi connectivity index (χ1n) is 6.33.